The zero-order valence-electron chi connectivity index (χ0n) is 15.1. The standard InChI is InChI=1S/C20H22N2O3/c1-12-6-8-15-16(10-12)22-18(21-15)14-7-9-17(13(2)11-14)25-20(3,4)19(23)24-5/h6-11H,1-5H3,(H,21,22). The van der Waals surface area contributed by atoms with Crippen LogP contribution in [0.25, 0.3) is 22.4 Å². The number of aryl methyl sites for hydroxylation is 2. The summed E-state index contributed by atoms with van der Waals surface area (Å²) in [5.41, 5.74) is 3.98. The van der Waals surface area contributed by atoms with Crippen molar-refractivity contribution in [3.05, 3.63) is 47.5 Å². The molecule has 130 valence electrons. The molecule has 0 aliphatic heterocycles. The first kappa shape index (κ1) is 17.0. The molecule has 0 saturated carbocycles. The molecule has 0 saturated heterocycles. The number of ether oxygens (including phenoxy) is 2. The van der Waals surface area contributed by atoms with E-state index in [1.54, 1.807) is 13.8 Å². The molecular formula is C20H22N2O3. The Morgan fingerprint density at radius 3 is 2.56 bits per heavy atom. The van der Waals surface area contributed by atoms with E-state index >= 15 is 0 Å². The van der Waals surface area contributed by atoms with E-state index in [1.165, 1.54) is 12.7 Å². The third kappa shape index (κ3) is 3.36. The number of aromatic amines is 1. The van der Waals surface area contributed by atoms with Gasteiger partial charge in [-0.1, -0.05) is 6.07 Å². The van der Waals surface area contributed by atoms with Crippen molar-refractivity contribution in [1.82, 2.24) is 9.97 Å². The molecule has 0 spiro atoms. The monoisotopic (exact) mass is 338 g/mol. The lowest BCUT2D eigenvalue weighted by atomic mass is 10.1. The van der Waals surface area contributed by atoms with Crippen molar-refractivity contribution >= 4 is 17.0 Å². The van der Waals surface area contributed by atoms with E-state index < -0.39 is 11.6 Å². The second-order valence-electron chi connectivity index (χ2n) is 6.69. The number of imidazole rings is 1. The second-order valence-corrected chi connectivity index (χ2v) is 6.69. The number of rotatable bonds is 4. The van der Waals surface area contributed by atoms with E-state index in [4.69, 9.17) is 9.47 Å². The van der Waals surface area contributed by atoms with Gasteiger partial charge in [-0.15, -0.1) is 0 Å². The Bertz CT molecular complexity index is 941. The minimum atomic E-state index is -1.04. The van der Waals surface area contributed by atoms with Crippen molar-refractivity contribution in [3.8, 4) is 17.1 Å². The zero-order valence-corrected chi connectivity index (χ0v) is 15.1. The number of hydrogen-bond acceptors (Lipinski definition) is 4. The quantitative estimate of drug-likeness (QED) is 0.725. The molecule has 0 atom stereocenters. The molecule has 1 heterocycles. The van der Waals surface area contributed by atoms with Gasteiger partial charge >= 0.3 is 5.97 Å². The molecule has 3 aromatic rings. The number of carbonyl (C=O) groups is 1. The molecule has 0 amide bonds. The molecule has 0 unspecified atom stereocenters. The number of methoxy groups -OCH3 is 1. The van der Waals surface area contributed by atoms with Crippen LogP contribution in [0.1, 0.15) is 25.0 Å². The fourth-order valence-corrected chi connectivity index (χ4v) is 2.73. The van der Waals surface area contributed by atoms with Crippen LogP contribution >= 0.6 is 0 Å². The molecule has 0 bridgehead atoms. The van der Waals surface area contributed by atoms with Crippen LogP contribution in [0.15, 0.2) is 36.4 Å². The average Bonchev–Trinajstić information content (AvgIpc) is 2.98. The summed E-state index contributed by atoms with van der Waals surface area (Å²) >= 11 is 0. The fourth-order valence-electron chi connectivity index (χ4n) is 2.73. The first-order chi connectivity index (χ1) is 11.8. The van der Waals surface area contributed by atoms with Gasteiger partial charge in [0.05, 0.1) is 18.1 Å². The summed E-state index contributed by atoms with van der Waals surface area (Å²) in [4.78, 5) is 19.8. The second kappa shape index (κ2) is 6.24. The van der Waals surface area contributed by atoms with Gasteiger partial charge in [0.1, 0.15) is 11.6 Å². The molecule has 5 nitrogen and oxygen atoms in total. The van der Waals surface area contributed by atoms with Crippen LogP contribution in [0.3, 0.4) is 0 Å². The summed E-state index contributed by atoms with van der Waals surface area (Å²) in [6.45, 7) is 7.37. The van der Waals surface area contributed by atoms with Gasteiger partial charge in [-0.2, -0.15) is 0 Å². The first-order valence-electron chi connectivity index (χ1n) is 8.15. The molecule has 0 aliphatic carbocycles. The summed E-state index contributed by atoms with van der Waals surface area (Å²) in [5.74, 6) is 1.04. The van der Waals surface area contributed by atoms with Gasteiger partial charge < -0.3 is 14.5 Å². The summed E-state index contributed by atoms with van der Waals surface area (Å²) < 4.78 is 10.6. The number of esters is 1. The van der Waals surface area contributed by atoms with Crippen molar-refractivity contribution in [1.29, 1.82) is 0 Å². The number of aromatic nitrogens is 2. The maximum atomic E-state index is 11.8. The Morgan fingerprint density at radius 1 is 1.12 bits per heavy atom. The van der Waals surface area contributed by atoms with E-state index in [-0.39, 0.29) is 0 Å². The van der Waals surface area contributed by atoms with Crippen molar-refractivity contribution in [2.24, 2.45) is 0 Å². The zero-order chi connectivity index (χ0) is 18.2. The Kier molecular flexibility index (Phi) is 4.25. The lowest BCUT2D eigenvalue weighted by Gasteiger charge is -2.24. The highest BCUT2D eigenvalue weighted by Gasteiger charge is 2.31. The van der Waals surface area contributed by atoms with Crippen LogP contribution < -0.4 is 4.74 Å². The first-order valence-corrected chi connectivity index (χ1v) is 8.15. The number of benzene rings is 2. The summed E-state index contributed by atoms with van der Waals surface area (Å²) in [5, 5.41) is 0. The number of carbonyl (C=O) groups excluding carboxylic acids is 1. The largest absolute Gasteiger partial charge is 0.476 e. The van der Waals surface area contributed by atoms with Crippen LogP contribution in [0.5, 0.6) is 5.75 Å². The van der Waals surface area contributed by atoms with Crippen LogP contribution in [0, 0.1) is 13.8 Å². The van der Waals surface area contributed by atoms with E-state index in [1.807, 2.05) is 37.3 Å². The molecular weight excluding hydrogens is 316 g/mol. The summed E-state index contributed by atoms with van der Waals surface area (Å²) in [6, 6.07) is 11.9. The van der Waals surface area contributed by atoms with Crippen LogP contribution in [-0.2, 0) is 9.53 Å². The minimum absolute atomic E-state index is 0.413. The fraction of sp³-hybridized carbons (Fsp3) is 0.300. The van der Waals surface area contributed by atoms with E-state index in [9.17, 15) is 4.79 Å². The number of H-pyrrole nitrogens is 1. The third-order valence-electron chi connectivity index (χ3n) is 4.13. The highest BCUT2D eigenvalue weighted by molar-refractivity contribution is 5.80. The topological polar surface area (TPSA) is 64.2 Å². The summed E-state index contributed by atoms with van der Waals surface area (Å²) in [6.07, 6.45) is 0. The number of hydrogen-bond donors (Lipinski definition) is 1. The van der Waals surface area contributed by atoms with E-state index in [0.717, 1.165) is 28.0 Å². The molecule has 25 heavy (non-hydrogen) atoms. The third-order valence-corrected chi connectivity index (χ3v) is 4.13. The Morgan fingerprint density at radius 2 is 1.88 bits per heavy atom. The lowest BCUT2D eigenvalue weighted by Crippen LogP contribution is -2.39. The van der Waals surface area contributed by atoms with Crippen molar-refractivity contribution < 1.29 is 14.3 Å². The Hall–Kier alpha value is -2.82. The normalized spacial score (nSPS) is 11.6. The minimum Gasteiger partial charge on any atom is -0.476 e. The maximum Gasteiger partial charge on any atom is 0.349 e. The molecule has 0 aliphatic rings. The van der Waals surface area contributed by atoms with Gasteiger partial charge in [0, 0.05) is 5.56 Å². The number of nitrogens with zero attached hydrogens (tertiary/aromatic N) is 1. The van der Waals surface area contributed by atoms with Gasteiger partial charge in [0.25, 0.3) is 0 Å². The molecule has 0 radical (unpaired) electrons. The average molecular weight is 338 g/mol. The van der Waals surface area contributed by atoms with Crippen molar-refractivity contribution in [2.45, 2.75) is 33.3 Å². The van der Waals surface area contributed by atoms with Crippen molar-refractivity contribution in [3.63, 3.8) is 0 Å². The SMILES string of the molecule is COC(=O)C(C)(C)Oc1ccc(-c2nc3ccc(C)cc3[nH]2)cc1C. The molecule has 5 heteroatoms. The molecule has 1 aromatic heterocycles. The van der Waals surface area contributed by atoms with E-state index in [2.05, 4.69) is 23.0 Å². The predicted octanol–water partition coefficient (Wildman–Crippen LogP) is 4.18. The predicted molar refractivity (Wildman–Crippen MR) is 97.7 cm³/mol. The highest BCUT2D eigenvalue weighted by atomic mass is 16.6. The van der Waals surface area contributed by atoms with Crippen LogP contribution in [-0.4, -0.2) is 28.6 Å². The van der Waals surface area contributed by atoms with Gasteiger partial charge in [-0.05, 0) is 69.2 Å². The highest BCUT2D eigenvalue weighted by Crippen LogP contribution is 2.29. The van der Waals surface area contributed by atoms with Crippen LogP contribution in [0.2, 0.25) is 0 Å². The van der Waals surface area contributed by atoms with Gasteiger partial charge in [-0.25, -0.2) is 9.78 Å². The Labute approximate surface area is 147 Å². The van der Waals surface area contributed by atoms with Gasteiger partial charge in [0.2, 0.25) is 0 Å². The molecule has 3 rings (SSSR count). The van der Waals surface area contributed by atoms with Gasteiger partial charge in [-0.3, -0.25) is 0 Å². The van der Waals surface area contributed by atoms with Gasteiger partial charge in [0.15, 0.2) is 5.60 Å². The number of nitrogens with one attached hydrogen (secondary N) is 1. The lowest BCUT2D eigenvalue weighted by molar-refractivity contribution is -0.156. The summed E-state index contributed by atoms with van der Waals surface area (Å²) in [7, 11) is 1.35. The maximum absolute atomic E-state index is 11.8. The molecule has 1 N–H and O–H groups in total. The van der Waals surface area contributed by atoms with Crippen LogP contribution in [0.4, 0.5) is 0 Å². The molecule has 2 aromatic carbocycles. The smallest absolute Gasteiger partial charge is 0.349 e. The molecule has 0 fully saturated rings. The Balaban J connectivity index is 1.92. The van der Waals surface area contributed by atoms with Crippen molar-refractivity contribution in [2.75, 3.05) is 7.11 Å². The van der Waals surface area contributed by atoms with E-state index in [0.29, 0.717) is 5.75 Å². The number of fused-ring (bicyclic) bond motifs is 1.